The number of urea groups is 1. The average Bonchev–Trinajstić information content (AvgIpc) is 3.48. The highest BCUT2D eigenvalue weighted by molar-refractivity contribution is 6.04. The Morgan fingerprint density at radius 2 is 1.53 bits per heavy atom. The summed E-state index contributed by atoms with van der Waals surface area (Å²) in [4.78, 5) is 44.5. The second kappa shape index (κ2) is 12.9. The number of esters is 1. The fraction of sp³-hybridized carbons (Fsp3) is 0.419. The Balaban J connectivity index is 1.15. The molecule has 43 heavy (non-hydrogen) atoms. The molecule has 1 aromatic heterocycles. The Morgan fingerprint density at radius 1 is 0.930 bits per heavy atom. The van der Waals surface area contributed by atoms with Crippen LogP contribution < -0.4 is 5.32 Å². The number of halogens is 3. The molecule has 12 heteroatoms. The van der Waals surface area contributed by atoms with E-state index in [4.69, 9.17) is 9.15 Å². The molecule has 5 rings (SSSR count). The van der Waals surface area contributed by atoms with Crippen LogP contribution >= 0.6 is 0 Å². The highest BCUT2D eigenvalue weighted by Crippen LogP contribution is 2.36. The van der Waals surface area contributed by atoms with Crippen LogP contribution in [-0.4, -0.2) is 65.5 Å². The van der Waals surface area contributed by atoms with Crippen LogP contribution in [0, 0.1) is 5.92 Å². The van der Waals surface area contributed by atoms with Crippen molar-refractivity contribution in [3.63, 3.8) is 0 Å². The molecule has 1 N–H and O–H groups in total. The van der Waals surface area contributed by atoms with Crippen LogP contribution in [-0.2, 0) is 15.7 Å². The lowest BCUT2D eigenvalue weighted by atomic mass is 9.89. The summed E-state index contributed by atoms with van der Waals surface area (Å²) in [5.41, 5.74) is 0.849. The summed E-state index contributed by atoms with van der Waals surface area (Å²) < 4.78 is 51.0. The zero-order valence-corrected chi connectivity index (χ0v) is 23.7. The summed E-state index contributed by atoms with van der Waals surface area (Å²) in [5, 5.41) is 2.50. The van der Waals surface area contributed by atoms with Gasteiger partial charge in [0.2, 0.25) is 11.7 Å². The Kier molecular flexibility index (Phi) is 9.02. The number of alkyl halides is 3. The normalized spacial score (nSPS) is 16.7. The molecule has 0 bridgehead atoms. The number of likely N-dealkylation sites (tertiary alicyclic amines) is 2. The minimum Gasteiger partial charge on any atom is -0.466 e. The van der Waals surface area contributed by atoms with Crippen molar-refractivity contribution in [2.75, 3.05) is 38.1 Å². The lowest BCUT2D eigenvalue weighted by Gasteiger charge is -2.38. The topological polar surface area (TPSA) is 105 Å². The first-order valence-corrected chi connectivity index (χ1v) is 14.3. The number of carbonyl (C=O) groups is 3. The van der Waals surface area contributed by atoms with Crippen LogP contribution in [0.15, 0.2) is 59.0 Å². The van der Waals surface area contributed by atoms with E-state index in [0.717, 1.165) is 31.2 Å². The molecule has 2 aliphatic heterocycles. The molecule has 0 spiro atoms. The third-order valence-corrected chi connectivity index (χ3v) is 7.93. The quantitative estimate of drug-likeness (QED) is 0.340. The van der Waals surface area contributed by atoms with Crippen LogP contribution in [0.25, 0.3) is 11.5 Å². The van der Waals surface area contributed by atoms with Gasteiger partial charge in [-0.1, -0.05) is 30.3 Å². The Labute approximate surface area is 247 Å². The van der Waals surface area contributed by atoms with Crippen molar-refractivity contribution < 1.29 is 36.7 Å². The number of aromatic nitrogens is 1. The van der Waals surface area contributed by atoms with Crippen molar-refractivity contribution in [3.8, 4) is 11.5 Å². The lowest BCUT2D eigenvalue weighted by Crippen LogP contribution is -2.49. The van der Waals surface area contributed by atoms with Gasteiger partial charge in [0.25, 0.3) is 5.91 Å². The molecule has 3 heterocycles. The van der Waals surface area contributed by atoms with Gasteiger partial charge in [-0.2, -0.15) is 13.2 Å². The number of oxazole rings is 1. The van der Waals surface area contributed by atoms with E-state index in [2.05, 4.69) is 10.3 Å². The number of hydrogen-bond donors (Lipinski definition) is 1. The van der Waals surface area contributed by atoms with Gasteiger partial charge in [-0.25, -0.2) is 9.78 Å². The number of nitrogens with zero attached hydrogens (tertiary/aromatic N) is 3. The number of amides is 3. The molecule has 0 radical (unpaired) electrons. The molecular formula is C31H33F3N4O5. The fourth-order valence-electron chi connectivity index (χ4n) is 5.53. The van der Waals surface area contributed by atoms with Gasteiger partial charge in [0, 0.05) is 44.4 Å². The molecule has 2 fully saturated rings. The van der Waals surface area contributed by atoms with Crippen molar-refractivity contribution in [1.29, 1.82) is 0 Å². The summed E-state index contributed by atoms with van der Waals surface area (Å²) >= 11 is 0. The molecule has 2 saturated heterocycles. The standard InChI is InChI=1S/C31H33F3N4O5/c1-20(39)42-19-21-11-15-37(16-12-21)30(41)38-17-13-23(14-18-38)22-7-9-25(10-8-22)35-28(40)26-27(31(32,33)34)43-29(36-26)24-5-3-2-4-6-24/h2-10,21,23H,11-19H2,1H3,(H,35,40). The van der Waals surface area contributed by atoms with Gasteiger partial charge in [0.15, 0.2) is 5.69 Å². The Hall–Kier alpha value is -4.35. The highest BCUT2D eigenvalue weighted by atomic mass is 19.4. The third kappa shape index (κ3) is 7.36. The molecule has 0 unspecified atom stereocenters. The van der Waals surface area contributed by atoms with E-state index < -0.39 is 23.5 Å². The lowest BCUT2D eigenvalue weighted by molar-refractivity contribution is -0.153. The number of nitrogens with one attached hydrogen (secondary N) is 1. The number of hydrogen-bond acceptors (Lipinski definition) is 6. The molecule has 0 saturated carbocycles. The van der Waals surface area contributed by atoms with Crippen molar-refractivity contribution in [2.24, 2.45) is 5.92 Å². The van der Waals surface area contributed by atoms with Crippen molar-refractivity contribution in [3.05, 3.63) is 71.6 Å². The van der Waals surface area contributed by atoms with Gasteiger partial charge < -0.3 is 24.3 Å². The van der Waals surface area contributed by atoms with Gasteiger partial charge in [-0.05, 0) is 67.3 Å². The van der Waals surface area contributed by atoms with E-state index in [9.17, 15) is 27.6 Å². The maximum Gasteiger partial charge on any atom is 0.452 e. The molecule has 3 amide bonds. The van der Waals surface area contributed by atoms with Crippen LogP contribution in [0.4, 0.5) is 23.7 Å². The van der Waals surface area contributed by atoms with E-state index in [1.807, 2.05) is 21.9 Å². The summed E-state index contributed by atoms with van der Waals surface area (Å²) in [6.07, 6.45) is -1.73. The number of ether oxygens (including phenoxy) is 1. The first-order chi connectivity index (χ1) is 20.6. The second-order valence-corrected chi connectivity index (χ2v) is 10.9. The van der Waals surface area contributed by atoms with Gasteiger partial charge in [0.1, 0.15) is 0 Å². The number of carbonyl (C=O) groups excluding carboxylic acids is 3. The number of benzene rings is 2. The minimum absolute atomic E-state index is 0.0314. The Bertz CT molecular complexity index is 1430. The number of piperidine rings is 2. The second-order valence-electron chi connectivity index (χ2n) is 10.9. The molecule has 228 valence electrons. The van der Waals surface area contributed by atoms with Crippen LogP contribution in [0.5, 0.6) is 0 Å². The number of anilines is 1. The van der Waals surface area contributed by atoms with Gasteiger partial charge in [-0.15, -0.1) is 0 Å². The van der Waals surface area contributed by atoms with Crippen molar-refractivity contribution in [1.82, 2.24) is 14.8 Å². The molecule has 9 nitrogen and oxygen atoms in total. The van der Waals surface area contributed by atoms with E-state index in [1.54, 1.807) is 42.5 Å². The predicted octanol–water partition coefficient (Wildman–Crippen LogP) is 6.19. The summed E-state index contributed by atoms with van der Waals surface area (Å²) in [6, 6.07) is 15.1. The largest absolute Gasteiger partial charge is 0.466 e. The zero-order valence-electron chi connectivity index (χ0n) is 23.7. The van der Waals surface area contributed by atoms with Gasteiger partial charge in [0.05, 0.1) is 6.61 Å². The molecule has 3 aromatic rings. The molecule has 2 aliphatic rings. The molecule has 0 aliphatic carbocycles. The zero-order chi connectivity index (χ0) is 30.6. The van der Waals surface area contributed by atoms with E-state index in [1.165, 1.54) is 6.92 Å². The van der Waals surface area contributed by atoms with Gasteiger partial charge >= 0.3 is 18.2 Å². The highest BCUT2D eigenvalue weighted by Gasteiger charge is 2.42. The van der Waals surface area contributed by atoms with Crippen LogP contribution in [0.1, 0.15) is 60.3 Å². The smallest absolute Gasteiger partial charge is 0.452 e. The number of rotatable bonds is 6. The minimum atomic E-state index is -4.89. The predicted molar refractivity (Wildman–Crippen MR) is 151 cm³/mol. The summed E-state index contributed by atoms with van der Waals surface area (Å²) in [7, 11) is 0. The maximum atomic E-state index is 13.6. The first kappa shape index (κ1) is 30.1. The average molecular weight is 599 g/mol. The monoisotopic (exact) mass is 598 g/mol. The fourth-order valence-corrected chi connectivity index (χ4v) is 5.53. The van der Waals surface area contributed by atoms with Crippen molar-refractivity contribution in [2.45, 2.75) is 44.7 Å². The van der Waals surface area contributed by atoms with Gasteiger partial charge in [-0.3, -0.25) is 9.59 Å². The molecule has 0 atom stereocenters. The van der Waals surface area contributed by atoms with Crippen LogP contribution in [0.2, 0.25) is 0 Å². The summed E-state index contributed by atoms with van der Waals surface area (Å²) in [5.74, 6) is -2.56. The Morgan fingerprint density at radius 3 is 2.12 bits per heavy atom. The summed E-state index contributed by atoms with van der Waals surface area (Å²) in [6.45, 7) is 4.31. The first-order valence-electron chi connectivity index (χ1n) is 14.3. The maximum absolute atomic E-state index is 13.6. The van der Waals surface area contributed by atoms with E-state index in [-0.39, 0.29) is 29.7 Å². The molecular weight excluding hydrogens is 565 g/mol. The van der Waals surface area contributed by atoms with E-state index >= 15 is 0 Å². The van der Waals surface area contributed by atoms with Crippen LogP contribution in [0.3, 0.4) is 0 Å². The third-order valence-electron chi connectivity index (χ3n) is 7.93. The van der Waals surface area contributed by atoms with Crippen molar-refractivity contribution >= 4 is 23.6 Å². The van der Waals surface area contributed by atoms with E-state index in [0.29, 0.717) is 44.0 Å². The SMILES string of the molecule is CC(=O)OCC1CCN(C(=O)N2CCC(c3ccc(NC(=O)c4nc(-c5ccccc5)oc4C(F)(F)F)cc3)CC2)CC1. The molecule has 2 aromatic carbocycles.